The van der Waals surface area contributed by atoms with E-state index < -0.39 is 0 Å². The lowest BCUT2D eigenvalue weighted by molar-refractivity contribution is 0.0983. The van der Waals surface area contributed by atoms with Crippen molar-refractivity contribution < 1.29 is 0 Å². The molecule has 0 radical (unpaired) electrons. The van der Waals surface area contributed by atoms with E-state index in [2.05, 4.69) is 23.9 Å². The molecule has 0 bridgehead atoms. The van der Waals surface area contributed by atoms with Gasteiger partial charge < -0.3 is 4.90 Å². The Labute approximate surface area is 90.3 Å². The summed E-state index contributed by atoms with van der Waals surface area (Å²) < 4.78 is 0. The largest absolute Gasteiger partial charge is 0.303 e. The van der Waals surface area contributed by atoms with Gasteiger partial charge in [0.15, 0.2) is 0 Å². The first kappa shape index (κ1) is 13.9. The third kappa shape index (κ3) is 3.25. The van der Waals surface area contributed by atoms with Crippen molar-refractivity contribution >= 4 is 0 Å². The quantitative estimate of drug-likeness (QED) is 0.592. The molecule has 0 amide bonds. The first-order chi connectivity index (χ1) is 6.73. The maximum absolute atomic E-state index is 2.53. The second-order valence-corrected chi connectivity index (χ2v) is 3.88. The Bertz CT molecular complexity index is 141. The second kappa shape index (κ2) is 6.41. The van der Waals surface area contributed by atoms with E-state index in [1.165, 1.54) is 32.5 Å². The lowest BCUT2D eigenvalue weighted by atomic mass is 10.1. The molecule has 1 aliphatic carbocycles. The molecule has 1 saturated heterocycles. The number of likely N-dealkylation sites (N-methyl/N-ethyl adjacent to an activating group) is 2. The summed E-state index contributed by atoms with van der Waals surface area (Å²) in [6, 6.07) is 0. The van der Waals surface area contributed by atoms with E-state index in [1.807, 2.05) is 27.7 Å². The highest BCUT2D eigenvalue weighted by Crippen LogP contribution is 2.42. The summed E-state index contributed by atoms with van der Waals surface area (Å²) in [5, 5.41) is 0. The van der Waals surface area contributed by atoms with Gasteiger partial charge in [-0.25, -0.2) is 0 Å². The number of hydrogen-bond donors (Lipinski definition) is 0. The number of nitrogens with zero attached hydrogens (tertiary/aromatic N) is 2. The minimum absolute atomic E-state index is 0.618. The van der Waals surface area contributed by atoms with Crippen molar-refractivity contribution in [1.82, 2.24) is 9.80 Å². The second-order valence-electron chi connectivity index (χ2n) is 3.88. The van der Waals surface area contributed by atoms with Crippen molar-refractivity contribution in [2.45, 2.75) is 46.1 Å². The molecule has 2 aliphatic rings. The normalized spacial score (nSPS) is 24.4. The van der Waals surface area contributed by atoms with Crippen LogP contribution in [0.5, 0.6) is 0 Å². The van der Waals surface area contributed by atoms with Crippen LogP contribution in [0.1, 0.15) is 40.5 Å². The van der Waals surface area contributed by atoms with Gasteiger partial charge in [0.25, 0.3) is 0 Å². The van der Waals surface area contributed by atoms with E-state index in [1.54, 1.807) is 0 Å². The molecule has 0 N–H and O–H groups in total. The number of rotatable bonds is 0. The number of hydrogen-bond acceptors (Lipinski definition) is 2. The van der Waals surface area contributed by atoms with Gasteiger partial charge in [-0.3, -0.25) is 4.90 Å². The molecule has 2 nitrogen and oxygen atoms in total. The molecule has 86 valence electrons. The maximum atomic E-state index is 2.53. The summed E-state index contributed by atoms with van der Waals surface area (Å²) in [5.41, 5.74) is 0.618. The fraction of sp³-hybridized carbons (Fsp3) is 1.00. The van der Waals surface area contributed by atoms with Gasteiger partial charge in [0.1, 0.15) is 0 Å². The Morgan fingerprint density at radius 2 is 1.36 bits per heavy atom. The van der Waals surface area contributed by atoms with E-state index in [9.17, 15) is 0 Å². The average molecular weight is 200 g/mol. The van der Waals surface area contributed by atoms with Crippen LogP contribution in [-0.2, 0) is 0 Å². The van der Waals surface area contributed by atoms with Crippen molar-refractivity contribution in [3.63, 3.8) is 0 Å². The van der Waals surface area contributed by atoms with Crippen LogP contribution in [0.2, 0.25) is 0 Å². The summed E-state index contributed by atoms with van der Waals surface area (Å²) in [4.78, 5) is 4.99. The Morgan fingerprint density at radius 1 is 0.857 bits per heavy atom. The molecular formula is C12H28N2. The Hall–Kier alpha value is -0.0800. The van der Waals surface area contributed by atoms with Crippen LogP contribution in [0.3, 0.4) is 0 Å². The molecule has 0 aromatic carbocycles. The standard InChI is InChI=1S/C8H16N2.2C2H6/c1-9-5-6-10(2)8(7-9)3-4-8;2*1-2/h3-7H2,1-2H3;2*1-2H3. The first-order valence-electron chi connectivity index (χ1n) is 6.13. The van der Waals surface area contributed by atoms with Crippen LogP contribution in [0.15, 0.2) is 0 Å². The summed E-state index contributed by atoms with van der Waals surface area (Å²) in [7, 11) is 4.49. The molecule has 0 aromatic rings. The third-order valence-electron chi connectivity index (χ3n) is 3.02. The van der Waals surface area contributed by atoms with Crippen molar-refractivity contribution in [3.8, 4) is 0 Å². The fourth-order valence-corrected chi connectivity index (χ4v) is 1.94. The molecule has 2 heteroatoms. The molecule has 2 fully saturated rings. The molecule has 1 saturated carbocycles. The van der Waals surface area contributed by atoms with Crippen LogP contribution in [0.25, 0.3) is 0 Å². The zero-order chi connectivity index (χ0) is 11.2. The fourth-order valence-electron chi connectivity index (χ4n) is 1.94. The van der Waals surface area contributed by atoms with Crippen LogP contribution in [0.4, 0.5) is 0 Å². The average Bonchev–Trinajstić information content (AvgIpc) is 3.00. The molecule has 1 heterocycles. The van der Waals surface area contributed by atoms with Crippen molar-refractivity contribution in [3.05, 3.63) is 0 Å². The molecule has 2 rings (SSSR count). The predicted molar refractivity (Wildman–Crippen MR) is 64.8 cm³/mol. The molecule has 0 aromatic heterocycles. The summed E-state index contributed by atoms with van der Waals surface area (Å²) in [6.45, 7) is 11.8. The molecule has 0 atom stereocenters. The first-order valence-corrected chi connectivity index (χ1v) is 6.13. The highest BCUT2D eigenvalue weighted by Gasteiger charge is 2.48. The summed E-state index contributed by atoms with van der Waals surface area (Å²) >= 11 is 0. The van der Waals surface area contributed by atoms with Crippen LogP contribution < -0.4 is 0 Å². The molecule has 1 spiro atoms. The van der Waals surface area contributed by atoms with Gasteiger partial charge in [-0.1, -0.05) is 27.7 Å². The van der Waals surface area contributed by atoms with Gasteiger partial charge in [0, 0.05) is 25.2 Å². The molecule has 14 heavy (non-hydrogen) atoms. The lowest BCUT2D eigenvalue weighted by Gasteiger charge is -2.38. The molecule has 1 aliphatic heterocycles. The Morgan fingerprint density at radius 3 is 1.71 bits per heavy atom. The number of piperazine rings is 1. The summed E-state index contributed by atoms with van der Waals surface area (Å²) in [6.07, 6.45) is 2.85. The maximum Gasteiger partial charge on any atom is 0.0335 e. The monoisotopic (exact) mass is 200 g/mol. The SMILES string of the molecule is CC.CC.CN1CCN(C)C2(CC2)C1. The van der Waals surface area contributed by atoms with E-state index >= 15 is 0 Å². The van der Waals surface area contributed by atoms with Crippen LogP contribution >= 0.6 is 0 Å². The van der Waals surface area contributed by atoms with Crippen molar-refractivity contribution in [2.24, 2.45) is 0 Å². The predicted octanol–water partition coefficient (Wildman–Crippen LogP) is 2.45. The lowest BCUT2D eigenvalue weighted by Crippen LogP contribution is -2.51. The zero-order valence-electron chi connectivity index (χ0n) is 10.9. The molecule has 0 unspecified atom stereocenters. The van der Waals surface area contributed by atoms with Gasteiger partial charge in [-0.15, -0.1) is 0 Å². The van der Waals surface area contributed by atoms with Gasteiger partial charge >= 0.3 is 0 Å². The van der Waals surface area contributed by atoms with Crippen LogP contribution in [-0.4, -0.2) is 49.1 Å². The minimum Gasteiger partial charge on any atom is -0.303 e. The smallest absolute Gasteiger partial charge is 0.0335 e. The van der Waals surface area contributed by atoms with Gasteiger partial charge in [-0.05, 0) is 26.9 Å². The Kier molecular flexibility index (Phi) is 6.38. The van der Waals surface area contributed by atoms with Crippen molar-refractivity contribution in [1.29, 1.82) is 0 Å². The van der Waals surface area contributed by atoms with E-state index in [4.69, 9.17) is 0 Å². The van der Waals surface area contributed by atoms with Crippen molar-refractivity contribution in [2.75, 3.05) is 33.7 Å². The highest BCUT2D eigenvalue weighted by molar-refractivity contribution is 5.06. The topological polar surface area (TPSA) is 6.48 Å². The molecular weight excluding hydrogens is 172 g/mol. The Balaban J connectivity index is 0.000000379. The van der Waals surface area contributed by atoms with E-state index in [0.29, 0.717) is 5.54 Å². The van der Waals surface area contributed by atoms with Gasteiger partial charge in [0.05, 0.1) is 0 Å². The third-order valence-corrected chi connectivity index (χ3v) is 3.02. The summed E-state index contributed by atoms with van der Waals surface area (Å²) in [5.74, 6) is 0. The van der Waals surface area contributed by atoms with Gasteiger partial charge in [0.2, 0.25) is 0 Å². The van der Waals surface area contributed by atoms with Crippen LogP contribution in [0, 0.1) is 0 Å². The van der Waals surface area contributed by atoms with E-state index in [0.717, 1.165) is 0 Å². The highest BCUT2D eigenvalue weighted by atomic mass is 15.3. The van der Waals surface area contributed by atoms with Gasteiger partial charge in [-0.2, -0.15) is 0 Å². The van der Waals surface area contributed by atoms with E-state index in [-0.39, 0.29) is 0 Å². The minimum atomic E-state index is 0.618. The zero-order valence-corrected chi connectivity index (χ0v) is 10.9.